The molecule has 2 saturated heterocycles. The first-order valence-electron chi connectivity index (χ1n) is 8.68. The average molecular weight is 328 g/mol. The molecule has 6 heteroatoms. The molecular formula is C18H24N4O2. The fraction of sp³-hybridized carbons (Fsp3) is 0.556. The van der Waals surface area contributed by atoms with Crippen LogP contribution in [0.25, 0.3) is 5.65 Å². The maximum atomic E-state index is 12.4. The summed E-state index contributed by atoms with van der Waals surface area (Å²) in [7, 11) is 2.07. The van der Waals surface area contributed by atoms with Crippen LogP contribution in [-0.2, 0) is 16.1 Å². The summed E-state index contributed by atoms with van der Waals surface area (Å²) >= 11 is 0. The fourth-order valence-corrected chi connectivity index (χ4v) is 4.04. The molecule has 2 aromatic heterocycles. The number of fused-ring (bicyclic) bond motifs is 1. The topological polar surface area (TPSA) is 58.9 Å². The van der Waals surface area contributed by atoms with Gasteiger partial charge in [0.1, 0.15) is 11.8 Å². The summed E-state index contributed by atoms with van der Waals surface area (Å²) in [6.07, 6.45) is 6.61. The van der Waals surface area contributed by atoms with Gasteiger partial charge in [-0.3, -0.25) is 9.69 Å². The first-order valence-corrected chi connectivity index (χ1v) is 8.68. The molecule has 0 aromatic carbocycles. The Morgan fingerprint density at radius 3 is 3.08 bits per heavy atom. The van der Waals surface area contributed by atoms with Crippen LogP contribution in [-0.4, -0.2) is 53.0 Å². The van der Waals surface area contributed by atoms with E-state index in [1.807, 2.05) is 30.6 Å². The second kappa shape index (κ2) is 6.18. The van der Waals surface area contributed by atoms with Gasteiger partial charge in [0.2, 0.25) is 0 Å². The van der Waals surface area contributed by atoms with Crippen molar-refractivity contribution in [2.45, 2.75) is 31.9 Å². The molecule has 1 unspecified atom stereocenters. The second-order valence-corrected chi connectivity index (χ2v) is 7.14. The van der Waals surface area contributed by atoms with E-state index in [-0.39, 0.29) is 17.5 Å². The molecule has 0 bridgehead atoms. The summed E-state index contributed by atoms with van der Waals surface area (Å²) in [6, 6.07) is 6.01. The molecule has 0 radical (unpaired) electrons. The number of carbonyl (C=O) groups excluding carboxylic acids is 1. The van der Waals surface area contributed by atoms with Gasteiger partial charge in [0.05, 0.1) is 17.3 Å². The van der Waals surface area contributed by atoms with Gasteiger partial charge in [-0.15, -0.1) is 0 Å². The van der Waals surface area contributed by atoms with Crippen molar-refractivity contribution in [2.75, 3.05) is 26.7 Å². The maximum Gasteiger partial charge on any atom is 0.312 e. The van der Waals surface area contributed by atoms with Crippen LogP contribution in [0.4, 0.5) is 0 Å². The Labute approximate surface area is 141 Å². The number of hydrogen-bond acceptors (Lipinski definition) is 5. The molecule has 6 nitrogen and oxygen atoms in total. The van der Waals surface area contributed by atoms with E-state index < -0.39 is 0 Å². The number of carbonyl (C=O) groups is 1. The number of imidazole rings is 1. The summed E-state index contributed by atoms with van der Waals surface area (Å²) in [5.41, 5.74) is 1.87. The number of pyridine rings is 1. The molecule has 0 amide bonds. The number of hydrogen-bond donors (Lipinski definition) is 1. The van der Waals surface area contributed by atoms with Crippen LogP contribution in [0.15, 0.2) is 30.6 Å². The number of aromatic nitrogens is 2. The number of nitrogens with one attached hydrogen (secondary N) is 1. The third-order valence-corrected chi connectivity index (χ3v) is 5.33. The molecule has 0 saturated carbocycles. The molecule has 2 aliphatic rings. The Balaban J connectivity index is 1.40. The highest BCUT2D eigenvalue weighted by Crippen LogP contribution is 2.41. The van der Waals surface area contributed by atoms with Crippen LogP contribution in [0, 0.1) is 5.41 Å². The van der Waals surface area contributed by atoms with E-state index in [2.05, 4.69) is 26.6 Å². The molecule has 24 heavy (non-hydrogen) atoms. The average Bonchev–Trinajstić information content (AvgIpc) is 3.10. The maximum absolute atomic E-state index is 12.4. The van der Waals surface area contributed by atoms with Crippen molar-refractivity contribution in [1.82, 2.24) is 19.6 Å². The second-order valence-electron chi connectivity index (χ2n) is 7.14. The minimum Gasteiger partial charge on any atom is -0.461 e. The number of piperidine rings is 1. The minimum atomic E-state index is -0.236. The number of nitrogens with zero attached hydrogens (tertiary/aromatic N) is 3. The number of rotatable bonds is 4. The van der Waals surface area contributed by atoms with Crippen LogP contribution in [0.1, 0.15) is 25.0 Å². The van der Waals surface area contributed by atoms with E-state index in [9.17, 15) is 4.79 Å². The zero-order chi connectivity index (χ0) is 16.6. The van der Waals surface area contributed by atoms with E-state index in [1.165, 1.54) is 0 Å². The van der Waals surface area contributed by atoms with Crippen molar-refractivity contribution in [1.29, 1.82) is 0 Å². The smallest absolute Gasteiger partial charge is 0.312 e. The summed E-state index contributed by atoms with van der Waals surface area (Å²) in [5.74, 6) is 0.0113. The lowest BCUT2D eigenvalue weighted by atomic mass is 9.76. The summed E-state index contributed by atoms with van der Waals surface area (Å²) in [4.78, 5) is 19.0. The molecule has 4 rings (SSSR count). The van der Waals surface area contributed by atoms with Crippen molar-refractivity contribution in [3.05, 3.63) is 36.3 Å². The van der Waals surface area contributed by atoms with Gasteiger partial charge in [-0.2, -0.15) is 0 Å². The van der Waals surface area contributed by atoms with Gasteiger partial charge < -0.3 is 14.5 Å². The first-order chi connectivity index (χ1) is 11.7. The first kappa shape index (κ1) is 15.6. The quantitative estimate of drug-likeness (QED) is 0.861. The van der Waals surface area contributed by atoms with Crippen LogP contribution in [0.3, 0.4) is 0 Å². The lowest BCUT2D eigenvalue weighted by molar-refractivity contribution is -0.150. The van der Waals surface area contributed by atoms with E-state index >= 15 is 0 Å². The molecule has 128 valence electrons. The molecule has 2 fully saturated rings. The molecule has 4 heterocycles. The van der Waals surface area contributed by atoms with Gasteiger partial charge >= 0.3 is 5.97 Å². The predicted molar refractivity (Wildman–Crippen MR) is 90.6 cm³/mol. The Bertz CT molecular complexity index is 735. The summed E-state index contributed by atoms with van der Waals surface area (Å²) < 4.78 is 7.80. The van der Waals surface area contributed by atoms with Gasteiger partial charge in [-0.1, -0.05) is 6.07 Å². The number of ether oxygens (including phenoxy) is 1. The van der Waals surface area contributed by atoms with Crippen LogP contribution < -0.4 is 5.32 Å². The van der Waals surface area contributed by atoms with Crippen molar-refractivity contribution in [3.63, 3.8) is 0 Å². The Kier molecular flexibility index (Phi) is 4.02. The van der Waals surface area contributed by atoms with E-state index in [0.29, 0.717) is 0 Å². The minimum absolute atomic E-state index is 0.000199. The molecule has 2 aliphatic heterocycles. The standard InChI is InChI=1S/C18H24N4O2/c1-21(12-14-11-20-16-4-2-3-9-22(14)16)13-15-10-18(17(23)24-15)5-7-19-8-6-18/h2-4,9,11,15,19H,5-8,10,12-13H2,1H3. The van der Waals surface area contributed by atoms with Gasteiger partial charge in [0.25, 0.3) is 0 Å². The molecular weight excluding hydrogens is 304 g/mol. The number of cyclic esters (lactones) is 1. The van der Waals surface area contributed by atoms with E-state index in [4.69, 9.17) is 4.74 Å². The van der Waals surface area contributed by atoms with Crippen LogP contribution in [0.2, 0.25) is 0 Å². The van der Waals surface area contributed by atoms with Crippen molar-refractivity contribution in [3.8, 4) is 0 Å². The van der Waals surface area contributed by atoms with E-state index in [1.54, 1.807) is 0 Å². The number of esters is 1. The number of likely N-dealkylation sites (N-methyl/N-ethyl adjacent to an activating group) is 1. The summed E-state index contributed by atoms with van der Waals surface area (Å²) in [5, 5.41) is 3.33. The lowest BCUT2D eigenvalue weighted by Crippen LogP contribution is -2.39. The Morgan fingerprint density at radius 2 is 2.25 bits per heavy atom. The van der Waals surface area contributed by atoms with Crippen molar-refractivity contribution < 1.29 is 9.53 Å². The fourth-order valence-electron chi connectivity index (χ4n) is 4.04. The molecule has 1 spiro atoms. The van der Waals surface area contributed by atoms with Crippen LogP contribution >= 0.6 is 0 Å². The highest BCUT2D eigenvalue weighted by atomic mass is 16.6. The van der Waals surface area contributed by atoms with Gasteiger partial charge in [-0.25, -0.2) is 4.98 Å². The van der Waals surface area contributed by atoms with Gasteiger partial charge in [0, 0.05) is 25.7 Å². The summed E-state index contributed by atoms with van der Waals surface area (Å²) in [6.45, 7) is 3.38. The molecule has 1 atom stereocenters. The zero-order valence-corrected chi connectivity index (χ0v) is 14.1. The Hall–Kier alpha value is -1.92. The molecule has 1 N–H and O–H groups in total. The molecule has 0 aliphatic carbocycles. The third kappa shape index (κ3) is 2.80. The van der Waals surface area contributed by atoms with Crippen molar-refractivity contribution >= 4 is 11.6 Å². The van der Waals surface area contributed by atoms with Crippen LogP contribution in [0.5, 0.6) is 0 Å². The predicted octanol–water partition coefficient (Wildman–Crippen LogP) is 1.45. The molecule has 2 aromatic rings. The Morgan fingerprint density at radius 1 is 1.42 bits per heavy atom. The van der Waals surface area contributed by atoms with Crippen molar-refractivity contribution in [2.24, 2.45) is 5.41 Å². The highest BCUT2D eigenvalue weighted by molar-refractivity contribution is 5.79. The van der Waals surface area contributed by atoms with E-state index in [0.717, 1.165) is 56.8 Å². The monoisotopic (exact) mass is 328 g/mol. The zero-order valence-electron chi connectivity index (χ0n) is 14.1. The lowest BCUT2D eigenvalue weighted by Gasteiger charge is -2.29. The largest absolute Gasteiger partial charge is 0.461 e. The third-order valence-electron chi connectivity index (χ3n) is 5.33. The highest BCUT2D eigenvalue weighted by Gasteiger charge is 2.49. The normalized spacial score (nSPS) is 23.2. The van der Waals surface area contributed by atoms with Gasteiger partial charge in [0.15, 0.2) is 0 Å². The SMILES string of the molecule is CN(Cc1cnc2ccccn12)CC1CC2(CCNCC2)C(=O)O1. The van der Waals surface area contributed by atoms with Gasteiger partial charge in [-0.05, 0) is 45.1 Å².